The number of hydrogen-bond donors (Lipinski definition) is 2. The van der Waals surface area contributed by atoms with Gasteiger partial charge in [-0.3, -0.25) is 9.78 Å². The van der Waals surface area contributed by atoms with Gasteiger partial charge >= 0.3 is 5.97 Å². The first kappa shape index (κ1) is 17.6. The van der Waals surface area contributed by atoms with Crippen LogP contribution < -0.4 is 5.32 Å². The Labute approximate surface area is 160 Å². The number of hydrogen-bond acceptors (Lipinski definition) is 5. The molecular weight excluding hydrogens is 362 g/mol. The van der Waals surface area contributed by atoms with Gasteiger partial charge in [0, 0.05) is 35.3 Å². The molecule has 1 aliphatic carbocycles. The van der Waals surface area contributed by atoms with Crippen molar-refractivity contribution in [1.82, 2.24) is 15.3 Å². The molecule has 1 aromatic carbocycles. The van der Waals surface area contributed by atoms with E-state index >= 15 is 0 Å². The molecule has 1 amide bonds. The Balaban J connectivity index is 1.52. The standard InChI is InChI=1S/C20H19N3O3S/c1-11-2-5-15-13(8-11)14(9-16(22-15)12-3-4-12)19(24)21-7-6-18-23-17(10-27-18)20(25)26/h2,5,8-10,12H,3-4,6-7H2,1H3,(H,21,24)(H,25,26). The van der Waals surface area contributed by atoms with Crippen LogP contribution in [0.15, 0.2) is 29.6 Å². The molecule has 0 saturated heterocycles. The fourth-order valence-electron chi connectivity index (χ4n) is 3.04. The minimum atomic E-state index is -1.03. The normalized spacial score (nSPS) is 13.7. The second kappa shape index (κ2) is 7.08. The Morgan fingerprint density at radius 3 is 2.78 bits per heavy atom. The second-order valence-corrected chi connectivity index (χ2v) is 7.77. The molecule has 1 aliphatic rings. The van der Waals surface area contributed by atoms with Crippen LogP contribution in [0.3, 0.4) is 0 Å². The predicted octanol–water partition coefficient (Wildman–Crippen LogP) is 3.55. The molecule has 27 heavy (non-hydrogen) atoms. The lowest BCUT2D eigenvalue weighted by molar-refractivity contribution is 0.0690. The molecule has 3 aromatic rings. The summed E-state index contributed by atoms with van der Waals surface area (Å²) >= 11 is 1.29. The van der Waals surface area contributed by atoms with Crippen LogP contribution in [0, 0.1) is 6.92 Å². The van der Waals surface area contributed by atoms with E-state index in [1.54, 1.807) is 0 Å². The van der Waals surface area contributed by atoms with Crippen molar-refractivity contribution in [1.29, 1.82) is 0 Å². The summed E-state index contributed by atoms with van der Waals surface area (Å²) in [5.74, 6) is -0.704. The van der Waals surface area contributed by atoms with Crippen LogP contribution >= 0.6 is 11.3 Å². The monoisotopic (exact) mass is 381 g/mol. The van der Waals surface area contributed by atoms with Gasteiger partial charge in [0.1, 0.15) is 0 Å². The molecular formula is C20H19N3O3S. The number of carbonyl (C=O) groups is 2. The Morgan fingerprint density at radius 1 is 1.26 bits per heavy atom. The van der Waals surface area contributed by atoms with Crippen LogP contribution in [-0.4, -0.2) is 33.5 Å². The zero-order valence-electron chi connectivity index (χ0n) is 14.9. The van der Waals surface area contributed by atoms with Crippen molar-refractivity contribution < 1.29 is 14.7 Å². The Hall–Kier alpha value is -2.80. The quantitative estimate of drug-likeness (QED) is 0.681. The van der Waals surface area contributed by atoms with E-state index in [1.165, 1.54) is 16.7 Å². The number of amides is 1. The number of aryl methyl sites for hydroxylation is 1. The van der Waals surface area contributed by atoms with Gasteiger partial charge in [-0.1, -0.05) is 11.6 Å². The van der Waals surface area contributed by atoms with Crippen LogP contribution in [0.25, 0.3) is 10.9 Å². The smallest absolute Gasteiger partial charge is 0.355 e. The number of nitrogens with one attached hydrogen (secondary N) is 1. The van der Waals surface area contributed by atoms with E-state index in [2.05, 4.69) is 10.3 Å². The van der Waals surface area contributed by atoms with Gasteiger partial charge in [0.25, 0.3) is 5.91 Å². The summed E-state index contributed by atoms with van der Waals surface area (Å²) < 4.78 is 0. The fourth-order valence-corrected chi connectivity index (χ4v) is 3.81. The van der Waals surface area contributed by atoms with Crippen LogP contribution in [0.4, 0.5) is 0 Å². The van der Waals surface area contributed by atoms with Crippen molar-refractivity contribution in [3.05, 3.63) is 57.2 Å². The van der Waals surface area contributed by atoms with Crippen molar-refractivity contribution in [2.75, 3.05) is 6.54 Å². The number of carbonyl (C=O) groups excluding carboxylic acids is 1. The van der Waals surface area contributed by atoms with Gasteiger partial charge in [0.05, 0.1) is 16.1 Å². The van der Waals surface area contributed by atoms with E-state index in [-0.39, 0.29) is 11.6 Å². The molecule has 2 heterocycles. The number of fused-ring (bicyclic) bond motifs is 1. The van der Waals surface area contributed by atoms with Gasteiger partial charge in [0.2, 0.25) is 0 Å². The van der Waals surface area contributed by atoms with E-state index in [9.17, 15) is 9.59 Å². The van der Waals surface area contributed by atoms with Crippen molar-refractivity contribution in [3.8, 4) is 0 Å². The first-order chi connectivity index (χ1) is 13.0. The lowest BCUT2D eigenvalue weighted by Crippen LogP contribution is -2.26. The molecule has 1 saturated carbocycles. The molecule has 138 valence electrons. The van der Waals surface area contributed by atoms with Crippen molar-refractivity contribution >= 4 is 34.1 Å². The third-order valence-electron chi connectivity index (χ3n) is 4.62. The molecule has 6 nitrogen and oxygen atoms in total. The van der Waals surface area contributed by atoms with Gasteiger partial charge in [0.15, 0.2) is 5.69 Å². The average molecular weight is 381 g/mol. The van der Waals surface area contributed by atoms with Crippen LogP contribution in [0.1, 0.15) is 55.9 Å². The minimum Gasteiger partial charge on any atom is -0.476 e. The number of aromatic nitrogens is 2. The molecule has 0 unspecified atom stereocenters. The molecule has 2 aromatic heterocycles. The Kier molecular flexibility index (Phi) is 4.61. The Bertz CT molecular complexity index is 1040. The molecule has 2 N–H and O–H groups in total. The summed E-state index contributed by atoms with van der Waals surface area (Å²) in [6.45, 7) is 2.40. The van der Waals surface area contributed by atoms with Gasteiger partial charge in [-0.2, -0.15) is 0 Å². The van der Waals surface area contributed by atoms with Gasteiger partial charge in [-0.25, -0.2) is 9.78 Å². The maximum atomic E-state index is 12.8. The third-order valence-corrected chi connectivity index (χ3v) is 5.53. The largest absolute Gasteiger partial charge is 0.476 e. The summed E-state index contributed by atoms with van der Waals surface area (Å²) in [7, 11) is 0. The summed E-state index contributed by atoms with van der Waals surface area (Å²) in [6.07, 6.45) is 2.75. The number of nitrogens with zero attached hydrogens (tertiary/aromatic N) is 2. The predicted molar refractivity (Wildman–Crippen MR) is 104 cm³/mol. The summed E-state index contributed by atoms with van der Waals surface area (Å²) in [5, 5.41) is 14.9. The highest BCUT2D eigenvalue weighted by Gasteiger charge is 2.27. The first-order valence-corrected chi connectivity index (χ1v) is 9.76. The molecule has 0 bridgehead atoms. The van der Waals surface area contributed by atoms with Gasteiger partial charge < -0.3 is 10.4 Å². The number of thiazole rings is 1. The van der Waals surface area contributed by atoms with Gasteiger partial charge in [-0.15, -0.1) is 11.3 Å². The SMILES string of the molecule is Cc1ccc2nc(C3CC3)cc(C(=O)NCCc3nc(C(=O)O)cs3)c2c1. The molecule has 7 heteroatoms. The Morgan fingerprint density at radius 2 is 2.07 bits per heavy atom. The zero-order chi connectivity index (χ0) is 19.0. The third kappa shape index (κ3) is 3.83. The summed E-state index contributed by atoms with van der Waals surface area (Å²) in [5.41, 5.74) is 3.62. The molecule has 1 fully saturated rings. The average Bonchev–Trinajstić information content (AvgIpc) is 3.39. The van der Waals surface area contributed by atoms with Crippen LogP contribution in [-0.2, 0) is 6.42 Å². The highest BCUT2D eigenvalue weighted by Crippen LogP contribution is 2.40. The van der Waals surface area contributed by atoms with E-state index in [0.29, 0.717) is 29.5 Å². The van der Waals surface area contributed by atoms with Crippen molar-refractivity contribution in [3.63, 3.8) is 0 Å². The molecule has 4 rings (SSSR count). The maximum Gasteiger partial charge on any atom is 0.355 e. The fraction of sp³-hybridized carbons (Fsp3) is 0.300. The van der Waals surface area contributed by atoms with E-state index in [1.807, 2.05) is 31.2 Å². The second-order valence-electron chi connectivity index (χ2n) is 6.83. The molecule has 0 atom stereocenters. The summed E-state index contributed by atoms with van der Waals surface area (Å²) in [4.78, 5) is 32.5. The van der Waals surface area contributed by atoms with E-state index in [4.69, 9.17) is 10.1 Å². The highest BCUT2D eigenvalue weighted by atomic mass is 32.1. The van der Waals surface area contributed by atoms with Crippen LogP contribution in [0.2, 0.25) is 0 Å². The number of pyridine rings is 1. The zero-order valence-corrected chi connectivity index (χ0v) is 15.7. The van der Waals surface area contributed by atoms with Crippen molar-refractivity contribution in [2.45, 2.75) is 32.1 Å². The van der Waals surface area contributed by atoms with E-state index in [0.717, 1.165) is 35.0 Å². The van der Waals surface area contributed by atoms with Gasteiger partial charge in [-0.05, 0) is 38.0 Å². The van der Waals surface area contributed by atoms with Crippen molar-refractivity contribution in [2.24, 2.45) is 0 Å². The molecule has 0 aliphatic heterocycles. The number of benzene rings is 1. The number of carboxylic acids is 1. The van der Waals surface area contributed by atoms with E-state index < -0.39 is 5.97 Å². The maximum absolute atomic E-state index is 12.8. The molecule has 0 spiro atoms. The highest BCUT2D eigenvalue weighted by molar-refractivity contribution is 7.09. The molecule has 0 radical (unpaired) electrons. The lowest BCUT2D eigenvalue weighted by atomic mass is 10.0. The lowest BCUT2D eigenvalue weighted by Gasteiger charge is -2.10. The first-order valence-electron chi connectivity index (χ1n) is 8.88. The number of aromatic carboxylic acids is 1. The topological polar surface area (TPSA) is 92.2 Å². The minimum absolute atomic E-state index is 0.0472. The van der Waals surface area contributed by atoms with Crippen LogP contribution in [0.5, 0.6) is 0 Å². The number of carboxylic acid groups (broad SMARTS) is 1. The number of rotatable bonds is 6. The summed E-state index contributed by atoms with van der Waals surface area (Å²) in [6, 6.07) is 7.89.